The van der Waals surface area contributed by atoms with Gasteiger partial charge in [0.2, 0.25) is 0 Å². The van der Waals surface area contributed by atoms with Gasteiger partial charge in [0.25, 0.3) is 5.60 Å². The molecule has 8 nitrogen and oxygen atoms in total. The molecule has 0 aromatic rings. The number of rotatable bonds is 12. The summed E-state index contributed by atoms with van der Waals surface area (Å²) >= 11 is 0. The largest absolute Gasteiger partial charge is 0.462 e. The van der Waals surface area contributed by atoms with Crippen LogP contribution in [0.5, 0.6) is 0 Å². The van der Waals surface area contributed by atoms with Crippen molar-refractivity contribution < 1.29 is 65.5 Å². The Balaban J connectivity index is 0.000000221. The van der Waals surface area contributed by atoms with Gasteiger partial charge in [-0.25, -0.2) is 0 Å². The molecule has 14 heteroatoms. The maximum atomic E-state index is 12.8. The SMILES string of the molecule is CCC(C)(C)C(=O)OC12CC3CC(CC(OCC(O)CO)(C3)C1)C2.CCC(C)C(=O)OC1CC2CC1CC2CC(O)(C(F)(F)F)C(F)(F)F. The van der Waals surface area contributed by atoms with Gasteiger partial charge in [-0.3, -0.25) is 9.59 Å². The standard InChI is InChI=1S/C19H32O5.C16H22F6O3/c1-4-17(2,3)16(22)24-19-8-13-5-14(9-19)7-18(6-13,12-19)23-11-15(21)10-20;1-3-8(2)13(23)25-12-6-9-4-10(12)5-11(9)7-14(24,15(17,18)19)16(20,21)22/h13-15,20-21H,4-12H2,1-3H3;8-12,24H,3-7H2,1-2H3. The van der Waals surface area contributed by atoms with Gasteiger partial charge in [0.1, 0.15) is 17.8 Å². The zero-order valence-electron chi connectivity index (χ0n) is 29.2. The van der Waals surface area contributed by atoms with Crippen LogP contribution in [0.3, 0.4) is 0 Å². The molecule has 8 atom stereocenters. The molecule has 49 heavy (non-hydrogen) atoms. The first-order valence-corrected chi connectivity index (χ1v) is 17.7. The average molecular weight is 717 g/mol. The normalized spacial score (nSPS) is 35.1. The number of aliphatic hydroxyl groups excluding tert-OH is 2. The maximum absolute atomic E-state index is 12.8. The van der Waals surface area contributed by atoms with Crippen LogP contribution in [0, 0.1) is 40.9 Å². The highest BCUT2D eigenvalue weighted by molar-refractivity contribution is 5.76. The Morgan fingerprint density at radius 1 is 0.878 bits per heavy atom. The summed E-state index contributed by atoms with van der Waals surface area (Å²) in [5.41, 5.74) is -5.84. The molecule has 6 rings (SSSR count). The van der Waals surface area contributed by atoms with E-state index in [4.69, 9.17) is 19.3 Å². The highest BCUT2D eigenvalue weighted by atomic mass is 19.4. The Bertz CT molecular complexity index is 1140. The van der Waals surface area contributed by atoms with Gasteiger partial charge in [-0.05, 0) is 114 Å². The molecule has 6 aliphatic rings. The quantitative estimate of drug-likeness (QED) is 0.151. The van der Waals surface area contributed by atoms with Gasteiger partial charge < -0.3 is 29.5 Å². The molecular weight excluding hydrogens is 662 g/mol. The second-order valence-corrected chi connectivity index (χ2v) is 16.4. The molecule has 0 aromatic heterocycles. The third-order valence-corrected chi connectivity index (χ3v) is 12.2. The van der Waals surface area contributed by atoms with Gasteiger partial charge in [0, 0.05) is 6.42 Å². The molecule has 6 bridgehead atoms. The topological polar surface area (TPSA) is 123 Å². The van der Waals surface area contributed by atoms with E-state index >= 15 is 0 Å². The highest BCUT2D eigenvalue weighted by Crippen LogP contribution is 2.61. The monoisotopic (exact) mass is 716 g/mol. The molecule has 0 amide bonds. The number of aliphatic hydroxyl groups is 3. The summed E-state index contributed by atoms with van der Waals surface area (Å²) in [6.45, 7) is 9.29. The van der Waals surface area contributed by atoms with Crippen molar-refractivity contribution in [2.24, 2.45) is 40.9 Å². The second-order valence-electron chi connectivity index (χ2n) is 16.4. The van der Waals surface area contributed by atoms with Gasteiger partial charge >= 0.3 is 24.3 Å². The van der Waals surface area contributed by atoms with Crippen LogP contribution >= 0.6 is 0 Å². The van der Waals surface area contributed by atoms with Crippen LogP contribution in [-0.2, 0) is 23.8 Å². The number of carbonyl (C=O) groups excluding carboxylic acids is 2. The average Bonchev–Trinajstić information content (AvgIpc) is 3.57. The van der Waals surface area contributed by atoms with E-state index in [1.165, 1.54) is 6.42 Å². The third-order valence-electron chi connectivity index (χ3n) is 12.2. The lowest BCUT2D eigenvalue weighted by Gasteiger charge is -2.61. The molecule has 0 radical (unpaired) electrons. The first-order chi connectivity index (χ1) is 22.5. The van der Waals surface area contributed by atoms with Crippen LogP contribution in [0.1, 0.15) is 112 Å². The lowest BCUT2D eigenvalue weighted by Crippen LogP contribution is -2.62. The number of hydrogen-bond donors (Lipinski definition) is 3. The van der Waals surface area contributed by atoms with Crippen molar-refractivity contribution in [1.29, 1.82) is 0 Å². The zero-order valence-corrected chi connectivity index (χ0v) is 29.2. The minimum atomic E-state index is -5.78. The van der Waals surface area contributed by atoms with Crippen molar-refractivity contribution in [3.05, 3.63) is 0 Å². The molecule has 8 unspecified atom stereocenters. The summed E-state index contributed by atoms with van der Waals surface area (Å²) in [6, 6.07) is 0. The van der Waals surface area contributed by atoms with E-state index < -0.39 is 65.4 Å². The molecule has 0 aliphatic heterocycles. The van der Waals surface area contributed by atoms with Crippen molar-refractivity contribution in [3.63, 3.8) is 0 Å². The predicted octanol–water partition coefficient (Wildman–Crippen LogP) is 6.66. The van der Waals surface area contributed by atoms with Crippen molar-refractivity contribution in [3.8, 4) is 0 Å². The Kier molecular flexibility index (Phi) is 11.8. The van der Waals surface area contributed by atoms with Gasteiger partial charge in [0.05, 0.1) is 30.1 Å². The molecule has 284 valence electrons. The number of fused-ring (bicyclic) bond motifs is 2. The molecule has 0 heterocycles. The Morgan fingerprint density at radius 2 is 1.45 bits per heavy atom. The highest BCUT2D eigenvalue weighted by Gasteiger charge is 2.71. The first kappa shape index (κ1) is 40.1. The van der Waals surface area contributed by atoms with E-state index in [-0.39, 0.29) is 49.5 Å². The lowest BCUT2D eigenvalue weighted by atomic mass is 9.52. The number of esters is 2. The van der Waals surface area contributed by atoms with Crippen LogP contribution in [0.15, 0.2) is 0 Å². The molecule has 6 saturated carbocycles. The van der Waals surface area contributed by atoms with Gasteiger partial charge in [-0.2, -0.15) is 26.3 Å². The summed E-state index contributed by atoms with van der Waals surface area (Å²) in [5.74, 6) is -1.25. The minimum Gasteiger partial charge on any atom is -0.462 e. The molecule has 6 fully saturated rings. The summed E-state index contributed by atoms with van der Waals surface area (Å²) < 4.78 is 94.6. The van der Waals surface area contributed by atoms with Crippen LogP contribution in [-0.4, -0.2) is 81.8 Å². The molecule has 3 N–H and O–H groups in total. The summed E-state index contributed by atoms with van der Waals surface area (Å²) in [6.07, 6.45) is -6.33. The van der Waals surface area contributed by atoms with E-state index in [9.17, 15) is 46.1 Å². The van der Waals surface area contributed by atoms with Crippen LogP contribution in [0.25, 0.3) is 0 Å². The molecule has 0 saturated heterocycles. The third kappa shape index (κ3) is 8.54. The summed E-state index contributed by atoms with van der Waals surface area (Å²) in [4.78, 5) is 24.5. The Hall–Kier alpha value is -1.64. The minimum absolute atomic E-state index is 0.0948. The fraction of sp³-hybridized carbons (Fsp3) is 0.943. The Morgan fingerprint density at radius 3 is 1.92 bits per heavy atom. The van der Waals surface area contributed by atoms with E-state index in [1.54, 1.807) is 6.92 Å². The molecule has 0 aromatic carbocycles. The second kappa shape index (κ2) is 14.4. The number of hydrogen-bond acceptors (Lipinski definition) is 8. The molecule has 0 spiro atoms. The van der Waals surface area contributed by atoms with E-state index in [1.807, 2.05) is 27.7 Å². The number of carbonyl (C=O) groups is 2. The number of alkyl halides is 6. The zero-order chi connectivity index (χ0) is 36.8. The van der Waals surface area contributed by atoms with E-state index in [0.717, 1.165) is 38.5 Å². The molecular formula is C35H54F6O8. The number of ether oxygens (including phenoxy) is 3. The predicted molar refractivity (Wildman–Crippen MR) is 165 cm³/mol. The fourth-order valence-electron chi connectivity index (χ4n) is 9.13. The smallest absolute Gasteiger partial charge is 0.426 e. The van der Waals surface area contributed by atoms with Crippen molar-refractivity contribution in [1.82, 2.24) is 0 Å². The summed E-state index contributed by atoms with van der Waals surface area (Å²) in [7, 11) is 0. The summed E-state index contributed by atoms with van der Waals surface area (Å²) in [5, 5.41) is 28.0. The van der Waals surface area contributed by atoms with Gasteiger partial charge in [-0.1, -0.05) is 20.8 Å². The van der Waals surface area contributed by atoms with Crippen LogP contribution in [0.2, 0.25) is 0 Å². The fourth-order valence-corrected chi connectivity index (χ4v) is 9.13. The Labute approximate surface area is 284 Å². The van der Waals surface area contributed by atoms with Crippen molar-refractivity contribution in [2.75, 3.05) is 13.2 Å². The lowest BCUT2D eigenvalue weighted by molar-refractivity contribution is -0.373. The van der Waals surface area contributed by atoms with Gasteiger partial charge in [0.15, 0.2) is 0 Å². The van der Waals surface area contributed by atoms with Crippen molar-refractivity contribution in [2.45, 2.75) is 153 Å². The first-order valence-electron chi connectivity index (χ1n) is 17.7. The molecule has 6 aliphatic carbocycles. The number of halogens is 6. The van der Waals surface area contributed by atoms with Crippen LogP contribution < -0.4 is 0 Å². The van der Waals surface area contributed by atoms with Crippen molar-refractivity contribution >= 4 is 11.9 Å². The van der Waals surface area contributed by atoms with Crippen LogP contribution in [0.4, 0.5) is 26.3 Å². The maximum Gasteiger partial charge on any atom is 0.426 e. The van der Waals surface area contributed by atoms with Gasteiger partial charge in [-0.15, -0.1) is 0 Å². The van der Waals surface area contributed by atoms with E-state index in [0.29, 0.717) is 24.7 Å². The van der Waals surface area contributed by atoms with E-state index in [2.05, 4.69) is 0 Å².